The lowest BCUT2D eigenvalue weighted by Gasteiger charge is -2.22. The van der Waals surface area contributed by atoms with Crippen molar-refractivity contribution in [1.82, 2.24) is 10.2 Å². The van der Waals surface area contributed by atoms with Gasteiger partial charge in [-0.05, 0) is 27.7 Å². The predicted octanol–water partition coefficient (Wildman–Crippen LogP) is 1.17. The SMILES string of the molecule is CC(SCC(NC(=O)OC(C)(C)C)C(=O)O)C(=O)N(C)C. The van der Waals surface area contributed by atoms with Gasteiger partial charge in [0, 0.05) is 19.8 Å². The first kappa shape index (κ1) is 19.6. The van der Waals surface area contributed by atoms with E-state index >= 15 is 0 Å². The predicted molar refractivity (Wildman–Crippen MR) is 81.4 cm³/mol. The molecule has 0 radical (unpaired) electrons. The summed E-state index contributed by atoms with van der Waals surface area (Å²) in [5.41, 5.74) is -0.700. The molecule has 0 saturated carbocycles. The van der Waals surface area contributed by atoms with Gasteiger partial charge in [-0.3, -0.25) is 4.79 Å². The fourth-order valence-electron chi connectivity index (χ4n) is 1.30. The number of amides is 2. The maximum absolute atomic E-state index is 11.7. The topological polar surface area (TPSA) is 95.9 Å². The van der Waals surface area contributed by atoms with Gasteiger partial charge in [0.1, 0.15) is 11.6 Å². The first-order valence-electron chi connectivity index (χ1n) is 6.49. The molecule has 0 spiro atoms. The fraction of sp³-hybridized carbons (Fsp3) is 0.769. The van der Waals surface area contributed by atoms with Crippen LogP contribution in [0.15, 0.2) is 0 Å². The second kappa shape index (κ2) is 8.11. The number of aliphatic carboxylic acids is 1. The maximum Gasteiger partial charge on any atom is 0.408 e. The van der Waals surface area contributed by atoms with E-state index in [1.54, 1.807) is 41.8 Å². The molecule has 2 N–H and O–H groups in total. The molecule has 0 aliphatic heterocycles. The Morgan fingerprint density at radius 3 is 2.19 bits per heavy atom. The third kappa shape index (κ3) is 8.44. The second-order valence-electron chi connectivity index (χ2n) is 5.75. The lowest BCUT2D eigenvalue weighted by atomic mass is 10.2. The molecule has 0 aromatic carbocycles. The van der Waals surface area contributed by atoms with Crippen LogP contribution in [0.2, 0.25) is 0 Å². The summed E-state index contributed by atoms with van der Waals surface area (Å²) in [6.45, 7) is 6.76. The van der Waals surface area contributed by atoms with E-state index in [2.05, 4.69) is 5.32 Å². The molecule has 8 heteroatoms. The third-order valence-corrected chi connectivity index (χ3v) is 3.52. The van der Waals surface area contributed by atoms with Gasteiger partial charge in [-0.2, -0.15) is 0 Å². The average molecular weight is 320 g/mol. The highest BCUT2D eigenvalue weighted by Crippen LogP contribution is 2.14. The summed E-state index contributed by atoms with van der Waals surface area (Å²) >= 11 is 1.17. The Morgan fingerprint density at radius 2 is 1.81 bits per heavy atom. The molecular formula is C13H24N2O5S. The van der Waals surface area contributed by atoms with Crippen LogP contribution in [0.4, 0.5) is 4.79 Å². The summed E-state index contributed by atoms with van der Waals surface area (Å²) < 4.78 is 5.01. The van der Waals surface area contributed by atoms with E-state index in [4.69, 9.17) is 9.84 Å². The van der Waals surface area contributed by atoms with E-state index in [0.717, 1.165) is 0 Å². The molecule has 2 amide bonds. The van der Waals surface area contributed by atoms with Crippen LogP contribution in [0.25, 0.3) is 0 Å². The lowest BCUT2D eigenvalue weighted by Crippen LogP contribution is -2.45. The van der Waals surface area contributed by atoms with Gasteiger partial charge in [0.25, 0.3) is 0 Å². The van der Waals surface area contributed by atoms with Crippen molar-refractivity contribution in [2.24, 2.45) is 0 Å². The highest BCUT2D eigenvalue weighted by atomic mass is 32.2. The molecule has 0 bridgehead atoms. The van der Waals surface area contributed by atoms with Crippen molar-refractivity contribution >= 4 is 29.7 Å². The summed E-state index contributed by atoms with van der Waals surface area (Å²) in [4.78, 5) is 35.8. The van der Waals surface area contributed by atoms with Crippen LogP contribution >= 0.6 is 11.8 Å². The Morgan fingerprint density at radius 1 is 1.29 bits per heavy atom. The number of thioether (sulfide) groups is 1. The number of alkyl carbamates (subject to hydrolysis) is 1. The minimum absolute atomic E-state index is 0.0787. The molecule has 0 aromatic heterocycles. The summed E-state index contributed by atoms with van der Waals surface area (Å²) in [6.07, 6.45) is -0.790. The van der Waals surface area contributed by atoms with Gasteiger partial charge in [-0.25, -0.2) is 9.59 Å². The molecule has 21 heavy (non-hydrogen) atoms. The van der Waals surface area contributed by atoms with Crippen LogP contribution in [0.3, 0.4) is 0 Å². The van der Waals surface area contributed by atoms with E-state index < -0.39 is 23.7 Å². The van der Waals surface area contributed by atoms with Gasteiger partial charge < -0.3 is 20.1 Å². The molecule has 2 atom stereocenters. The molecule has 0 heterocycles. The normalized spacial score (nSPS) is 14.0. The van der Waals surface area contributed by atoms with E-state index in [1.165, 1.54) is 16.7 Å². The quantitative estimate of drug-likeness (QED) is 0.763. The molecule has 0 saturated heterocycles. The zero-order valence-corrected chi connectivity index (χ0v) is 14.1. The number of nitrogens with one attached hydrogen (secondary N) is 1. The molecule has 0 fully saturated rings. The molecule has 0 aromatic rings. The highest BCUT2D eigenvalue weighted by Gasteiger charge is 2.26. The third-order valence-electron chi connectivity index (χ3n) is 2.29. The average Bonchev–Trinajstić information content (AvgIpc) is 2.30. The fourth-order valence-corrected chi connectivity index (χ4v) is 2.36. The number of carboxylic acids is 1. The standard InChI is InChI=1S/C13H24N2O5S/c1-8(10(16)15(5)6)21-7-9(11(17)18)14-12(19)20-13(2,3)4/h8-9H,7H2,1-6H3,(H,14,19)(H,17,18). The van der Waals surface area contributed by atoms with Crippen molar-refractivity contribution in [2.75, 3.05) is 19.8 Å². The number of hydrogen-bond acceptors (Lipinski definition) is 5. The van der Waals surface area contributed by atoms with Crippen LogP contribution in [-0.2, 0) is 14.3 Å². The van der Waals surface area contributed by atoms with Crippen molar-refractivity contribution in [1.29, 1.82) is 0 Å². The Labute approximate surface area is 129 Å². The van der Waals surface area contributed by atoms with Crippen LogP contribution in [0, 0.1) is 0 Å². The van der Waals surface area contributed by atoms with Gasteiger partial charge in [0.05, 0.1) is 5.25 Å². The number of hydrogen-bond donors (Lipinski definition) is 2. The zero-order valence-electron chi connectivity index (χ0n) is 13.3. The van der Waals surface area contributed by atoms with Gasteiger partial charge in [0.2, 0.25) is 5.91 Å². The molecule has 0 rings (SSSR count). The smallest absolute Gasteiger partial charge is 0.408 e. The monoisotopic (exact) mass is 320 g/mol. The minimum atomic E-state index is -1.17. The molecule has 0 aliphatic carbocycles. The van der Waals surface area contributed by atoms with Crippen LogP contribution in [-0.4, -0.2) is 64.7 Å². The summed E-state index contributed by atoms with van der Waals surface area (Å²) in [6, 6.07) is -1.11. The molecule has 0 aliphatic rings. The van der Waals surface area contributed by atoms with Gasteiger partial charge in [-0.15, -0.1) is 11.8 Å². The van der Waals surface area contributed by atoms with Crippen molar-refractivity contribution in [3.05, 3.63) is 0 Å². The summed E-state index contributed by atoms with van der Waals surface area (Å²) in [5.74, 6) is -1.20. The number of rotatable bonds is 6. The Balaban J connectivity index is 4.48. The second-order valence-corrected chi connectivity index (χ2v) is 7.12. The first-order valence-corrected chi connectivity index (χ1v) is 7.54. The number of carboxylic acid groups (broad SMARTS) is 1. The van der Waals surface area contributed by atoms with Gasteiger partial charge in [-0.1, -0.05) is 0 Å². The number of carbonyl (C=O) groups excluding carboxylic acids is 2. The van der Waals surface area contributed by atoms with E-state index in [9.17, 15) is 14.4 Å². The Hall–Kier alpha value is -1.44. The van der Waals surface area contributed by atoms with Crippen molar-refractivity contribution in [2.45, 2.75) is 44.6 Å². The van der Waals surface area contributed by atoms with Crippen molar-refractivity contribution < 1.29 is 24.2 Å². The summed E-state index contributed by atoms with van der Waals surface area (Å²) in [7, 11) is 3.26. The van der Waals surface area contributed by atoms with Crippen molar-refractivity contribution in [3.63, 3.8) is 0 Å². The van der Waals surface area contributed by atoms with E-state index in [0.29, 0.717) is 0 Å². The van der Waals surface area contributed by atoms with Gasteiger partial charge >= 0.3 is 12.1 Å². The van der Waals surface area contributed by atoms with Crippen LogP contribution < -0.4 is 5.32 Å². The van der Waals surface area contributed by atoms with Crippen molar-refractivity contribution in [3.8, 4) is 0 Å². The first-order chi connectivity index (χ1) is 9.44. The minimum Gasteiger partial charge on any atom is -0.480 e. The van der Waals surface area contributed by atoms with Crippen LogP contribution in [0.1, 0.15) is 27.7 Å². The number of ether oxygens (including phenoxy) is 1. The molecule has 2 unspecified atom stereocenters. The van der Waals surface area contributed by atoms with Crippen LogP contribution in [0.5, 0.6) is 0 Å². The molecule has 7 nitrogen and oxygen atoms in total. The largest absolute Gasteiger partial charge is 0.480 e. The van der Waals surface area contributed by atoms with Gasteiger partial charge in [0.15, 0.2) is 0 Å². The maximum atomic E-state index is 11.7. The number of carbonyl (C=O) groups is 3. The van der Waals surface area contributed by atoms with E-state index in [-0.39, 0.29) is 16.9 Å². The Bertz CT molecular complexity index is 393. The highest BCUT2D eigenvalue weighted by molar-refractivity contribution is 8.00. The molecular weight excluding hydrogens is 296 g/mol. The summed E-state index contributed by atoms with van der Waals surface area (Å²) in [5, 5.41) is 11.0. The Kier molecular flexibility index (Phi) is 7.56. The van der Waals surface area contributed by atoms with E-state index in [1.807, 2.05) is 0 Å². The lowest BCUT2D eigenvalue weighted by molar-refractivity contribution is -0.138. The molecule has 122 valence electrons. The number of nitrogens with zero attached hydrogens (tertiary/aromatic N) is 1. The zero-order chi connectivity index (χ0) is 16.8.